The Hall–Kier alpha value is -1.47. The lowest BCUT2D eigenvalue weighted by atomic mass is 9.72. The Bertz CT molecular complexity index is 759. The minimum absolute atomic E-state index is 0.0155. The first-order valence-corrected chi connectivity index (χ1v) is 12.9. The minimum Gasteiger partial charge on any atom is -0.460 e. The number of carbonyl (C=O) groups excluding carboxylic acids is 1. The van der Waals surface area contributed by atoms with Crippen molar-refractivity contribution < 1.29 is 39.1 Å². The van der Waals surface area contributed by atoms with Crippen LogP contribution in [0.25, 0.3) is 0 Å². The van der Waals surface area contributed by atoms with Crippen molar-refractivity contribution in [2.75, 3.05) is 13.2 Å². The van der Waals surface area contributed by atoms with Crippen molar-refractivity contribution >= 4 is 5.97 Å². The van der Waals surface area contributed by atoms with E-state index in [-0.39, 0.29) is 31.3 Å². The van der Waals surface area contributed by atoms with Gasteiger partial charge in [-0.25, -0.2) is 0 Å². The summed E-state index contributed by atoms with van der Waals surface area (Å²) in [4.78, 5) is 12.4. The number of rotatable bonds is 1. The van der Waals surface area contributed by atoms with Gasteiger partial charge < -0.3 is 34.3 Å². The number of aliphatic hydroxyl groups is 3. The molecule has 8 heteroatoms. The van der Waals surface area contributed by atoms with E-state index >= 15 is 0 Å². The molecule has 2 fully saturated rings. The van der Waals surface area contributed by atoms with E-state index in [9.17, 15) is 20.1 Å². The number of esters is 1. The monoisotopic (exact) mass is 494 g/mol. The standard InChI is InChI=1S/C27H42O8/c1-4-26(2)13-10-25-32-14-11-22(35-25)17-21-8-5-7-20(33-21)15-19(29)16-24(30)34-23(18-28)9-6-12-27(26,3)31/h1,10,13,19-23,25,28-29,31H,5-9,11-12,14-18H2,2-3H3/b13-10+/t19-,20+,21-,22+,23-,25+,26-,27-/m1/s1. The Morgan fingerprint density at radius 3 is 2.51 bits per heavy atom. The van der Waals surface area contributed by atoms with Crippen LogP contribution >= 0.6 is 0 Å². The first kappa shape index (κ1) is 28.1. The van der Waals surface area contributed by atoms with Crippen LogP contribution in [0.15, 0.2) is 12.2 Å². The number of terminal acetylenes is 1. The van der Waals surface area contributed by atoms with Crippen LogP contribution < -0.4 is 0 Å². The fourth-order valence-electron chi connectivity index (χ4n) is 5.10. The molecule has 3 aliphatic rings. The highest BCUT2D eigenvalue weighted by Gasteiger charge is 2.40. The topological polar surface area (TPSA) is 115 Å². The first-order chi connectivity index (χ1) is 16.6. The molecule has 8 nitrogen and oxygen atoms in total. The summed E-state index contributed by atoms with van der Waals surface area (Å²) in [7, 11) is 0. The third-order valence-electron chi connectivity index (χ3n) is 7.65. The van der Waals surface area contributed by atoms with Gasteiger partial charge in [0.15, 0.2) is 6.29 Å². The Labute approximate surface area is 209 Å². The number of fused-ring (bicyclic) bond motifs is 4. The minimum atomic E-state index is -1.25. The van der Waals surface area contributed by atoms with Gasteiger partial charge in [0.2, 0.25) is 0 Å². The normalized spacial score (nSPS) is 43.4. The fourth-order valence-corrected chi connectivity index (χ4v) is 5.10. The van der Waals surface area contributed by atoms with Gasteiger partial charge in [0.25, 0.3) is 0 Å². The van der Waals surface area contributed by atoms with Crippen LogP contribution in [0.1, 0.15) is 78.1 Å². The number of hydrogen-bond acceptors (Lipinski definition) is 8. The van der Waals surface area contributed by atoms with E-state index in [1.54, 1.807) is 26.0 Å². The summed E-state index contributed by atoms with van der Waals surface area (Å²) in [6, 6.07) is 0. The summed E-state index contributed by atoms with van der Waals surface area (Å²) in [5, 5.41) is 31.4. The lowest BCUT2D eigenvalue weighted by molar-refractivity contribution is -0.199. The second-order valence-electron chi connectivity index (χ2n) is 10.6. The van der Waals surface area contributed by atoms with E-state index in [0.29, 0.717) is 32.3 Å². The van der Waals surface area contributed by atoms with Crippen molar-refractivity contribution in [2.45, 2.75) is 120 Å². The maximum Gasteiger partial charge on any atom is 0.308 e. The highest BCUT2D eigenvalue weighted by atomic mass is 16.7. The van der Waals surface area contributed by atoms with Gasteiger partial charge in [0.1, 0.15) is 6.10 Å². The predicted molar refractivity (Wildman–Crippen MR) is 129 cm³/mol. The lowest BCUT2D eigenvalue weighted by Gasteiger charge is -2.38. The zero-order chi connectivity index (χ0) is 25.5. The van der Waals surface area contributed by atoms with Gasteiger partial charge in [-0.1, -0.05) is 12.0 Å². The summed E-state index contributed by atoms with van der Waals surface area (Å²) in [6.07, 6.45) is 12.8. The smallest absolute Gasteiger partial charge is 0.308 e. The van der Waals surface area contributed by atoms with Crippen molar-refractivity contribution in [1.82, 2.24) is 0 Å². The van der Waals surface area contributed by atoms with E-state index in [0.717, 1.165) is 32.1 Å². The van der Waals surface area contributed by atoms with Gasteiger partial charge in [-0.05, 0) is 71.3 Å². The molecule has 0 aromatic carbocycles. The molecule has 0 spiro atoms. The maximum atomic E-state index is 12.4. The second kappa shape index (κ2) is 12.7. The summed E-state index contributed by atoms with van der Waals surface area (Å²) in [5.41, 5.74) is -2.24. The molecule has 0 radical (unpaired) electrons. The zero-order valence-electron chi connectivity index (χ0n) is 21.1. The van der Waals surface area contributed by atoms with E-state index in [1.807, 2.05) is 0 Å². The van der Waals surface area contributed by atoms with E-state index in [1.165, 1.54) is 0 Å². The molecule has 3 N–H and O–H groups in total. The third kappa shape index (κ3) is 8.01. The molecule has 3 aliphatic heterocycles. The van der Waals surface area contributed by atoms with E-state index < -0.39 is 35.5 Å². The zero-order valence-corrected chi connectivity index (χ0v) is 21.1. The molecule has 8 atom stereocenters. The van der Waals surface area contributed by atoms with Crippen molar-refractivity contribution in [3.63, 3.8) is 0 Å². The maximum absolute atomic E-state index is 12.4. The highest BCUT2D eigenvalue weighted by Crippen LogP contribution is 2.37. The van der Waals surface area contributed by atoms with Crippen LogP contribution in [0.4, 0.5) is 0 Å². The Balaban J connectivity index is 1.77. The molecule has 0 aromatic rings. The number of ether oxygens (including phenoxy) is 4. The molecular weight excluding hydrogens is 452 g/mol. The third-order valence-corrected chi connectivity index (χ3v) is 7.65. The average molecular weight is 495 g/mol. The number of aliphatic hydroxyl groups excluding tert-OH is 2. The van der Waals surface area contributed by atoms with Gasteiger partial charge >= 0.3 is 5.97 Å². The molecule has 0 unspecified atom stereocenters. The molecule has 0 aromatic heterocycles. The average Bonchev–Trinajstić information content (AvgIpc) is 2.81. The largest absolute Gasteiger partial charge is 0.460 e. The molecule has 0 amide bonds. The van der Waals surface area contributed by atoms with Crippen LogP contribution in [-0.4, -0.2) is 76.9 Å². The predicted octanol–water partition coefficient (Wildman–Crippen LogP) is 2.62. The van der Waals surface area contributed by atoms with Crippen LogP contribution in [0.5, 0.6) is 0 Å². The van der Waals surface area contributed by atoms with Crippen molar-refractivity contribution in [3.8, 4) is 12.3 Å². The summed E-state index contributed by atoms with van der Waals surface area (Å²) in [6.45, 7) is 3.70. The fraction of sp³-hybridized carbons (Fsp3) is 0.815. The van der Waals surface area contributed by atoms with E-state index in [4.69, 9.17) is 25.4 Å². The molecule has 4 bridgehead atoms. The highest BCUT2D eigenvalue weighted by molar-refractivity contribution is 5.70. The van der Waals surface area contributed by atoms with Crippen LogP contribution in [-0.2, 0) is 23.7 Å². The molecular formula is C27H42O8. The molecule has 0 aliphatic carbocycles. The van der Waals surface area contributed by atoms with Crippen LogP contribution in [0, 0.1) is 17.8 Å². The molecule has 3 rings (SSSR count). The summed E-state index contributed by atoms with van der Waals surface area (Å²) >= 11 is 0. The lowest BCUT2D eigenvalue weighted by Crippen LogP contribution is -2.42. The van der Waals surface area contributed by atoms with Crippen molar-refractivity contribution in [3.05, 3.63) is 12.2 Å². The Morgan fingerprint density at radius 1 is 1.09 bits per heavy atom. The number of carbonyl (C=O) groups is 1. The van der Waals surface area contributed by atoms with Gasteiger partial charge in [-0.15, -0.1) is 6.42 Å². The van der Waals surface area contributed by atoms with Gasteiger partial charge in [0.05, 0.1) is 55.1 Å². The molecule has 3 heterocycles. The Morgan fingerprint density at radius 2 is 1.80 bits per heavy atom. The molecule has 35 heavy (non-hydrogen) atoms. The van der Waals surface area contributed by atoms with Gasteiger partial charge in [-0.2, -0.15) is 0 Å². The van der Waals surface area contributed by atoms with Gasteiger partial charge in [0, 0.05) is 6.42 Å². The molecule has 198 valence electrons. The molecule has 0 saturated carbocycles. The van der Waals surface area contributed by atoms with Crippen LogP contribution in [0.3, 0.4) is 0 Å². The van der Waals surface area contributed by atoms with Crippen molar-refractivity contribution in [1.29, 1.82) is 0 Å². The quantitative estimate of drug-likeness (QED) is 0.290. The molecule has 2 saturated heterocycles. The number of hydrogen-bond donors (Lipinski definition) is 3. The SMILES string of the molecule is C#C[C@]1(C)/C=C/[C@H]2OCC[C@@H](C[C@H]3CCC[C@@H](C[C@@H](O)CC(=O)O[C@@H](CO)CCC[C@@]1(C)O)O3)O2. The summed E-state index contributed by atoms with van der Waals surface area (Å²) in [5.74, 6) is 2.16. The van der Waals surface area contributed by atoms with Crippen molar-refractivity contribution in [2.24, 2.45) is 5.41 Å². The van der Waals surface area contributed by atoms with Crippen LogP contribution in [0.2, 0.25) is 0 Å². The van der Waals surface area contributed by atoms with E-state index in [2.05, 4.69) is 5.92 Å². The summed E-state index contributed by atoms with van der Waals surface area (Å²) < 4.78 is 23.6. The van der Waals surface area contributed by atoms with Gasteiger partial charge in [-0.3, -0.25) is 4.79 Å². The Kier molecular flexibility index (Phi) is 10.2. The first-order valence-electron chi connectivity index (χ1n) is 12.9. The number of cyclic esters (lactones) is 1. The second-order valence-corrected chi connectivity index (χ2v) is 10.6.